The third kappa shape index (κ3) is 2.74. The van der Waals surface area contributed by atoms with Crippen LogP contribution in [0.5, 0.6) is 11.6 Å². The number of anilines is 1. The number of carbonyl (C=O) groups is 1. The molecule has 19 heavy (non-hydrogen) atoms. The number of ether oxygens (including phenoxy) is 1. The Labute approximate surface area is 115 Å². The predicted octanol–water partition coefficient (Wildman–Crippen LogP) is 1.61. The van der Waals surface area contributed by atoms with Crippen LogP contribution in [-0.2, 0) is 0 Å². The van der Waals surface area contributed by atoms with Crippen molar-refractivity contribution in [3.63, 3.8) is 0 Å². The molecule has 0 bridgehead atoms. The molecule has 0 amide bonds. The van der Waals surface area contributed by atoms with Gasteiger partial charge in [-0.25, -0.2) is 9.78 Å². The van der Waals surface area contributed by atoms with E-state index in [2.05, 4.69) is 25.9 Å². The van der Waals surface area contributed by atoms with Crippen LogP contribution < -0.4 is 16.0 Å². The minimum Gasteiger partial charge on any atom is -0.478 e. The highest BCUT2D eigenvalue weighted by atomic mass is 79.9. The van der Waals surface area contributed by atoms with Crippen molar-refractivity contribution in [1.82, 2.24) is 9.97 Å². The largest absolute Gasteiger partial charge is 0.478 e. The van der Waals surface area contributed by atoms with Gasteiger partial charge in [0, 0.05) is 0 Å². The highest BCUT2D eigenvalue weighted by Crippen LogP contribution is 2.30. The van der Waals surface area contributed by atoms with E-state index >= 15 is 0 Å². The number of carboxylic acid groups (broad SMARTS) is 1. The second-order valence-electron chi connectivity index (χ2n) is 3.50. The van der Waals surface area contributed by atoms with E-state index in [9.17, 15) is 9.59 Å². The van der Waals surface area contributed by atoms with Gasteiger partial charge in [-0.05, 0) is 34.1 Å². The molecule has 0 fully saturated rings. The zero-order chi connectivity index (χ0) is 14.0. The molecule has 1 heterocycles. The molecule has 0 atom stereocenters. The van der Waals surface area contributed by atoms with Crippen molar-refractivity contribution in [1.29, 1.82) is 0 Å². The number of nitrogens with one attached hydrogen (secondary N) is 1. The van der Waals surface area contributed by atoms with Crippen molar-refractivity contribution < 1.29 is 14.6 Å². The Hall–Kier alpha value is -2.35. The number of H-pyrrole nitrogens is 1. The Morgan fingerprint density at radius 3 is 2.89 bits per heavy atom. The second kappa shape index (κ2) is 5.11. The van der Waals surface area contributed by atoms with E-state index in [4.69, 9.17) is 15.6 Å². The number of carboxylic acids is 1. The van der Waals surface area contributed by atoms with Crippen LogP contribution in [0.3, 0.4) is 0 Å². The molecule has 4 N–H and O–H groups in total. The lowest BCUT2D eigenvalue weighted by atomic mass is 10.2. The summed E-state index contributed by atoms with van der Waals surface area (Å²) in [6.07, 6.45) is 1.14. The number of aromatic amines is 1. The number of aromatic carboxylic acids is 1. The number of nitrogens with two attached hydrogens (primary N) is 1. The Morgan fingerprint density at radius 1 is 1.47 bits per heavy atom. The van der Waals surface area contributed by atoms with Crippen molar-refractivity contribution in [3.05, 3.63) is 44.9 Å². The van der Waals surface area contributed by atoms with Crippen LogP contribution in [0.1, 0.15) is 10.4 Å². The van der Waals surface area contributed by atoms with E-state index < -0.39 is 11.5 Å². The SMILES string of the molecule is Nc1c(Oc2cc(C(=O)O)ccc2Br)nc[nH]c1=O. The molecule has 0 aliphatic heterocycles. The lowest BCUT2D eigenvalue weighted by Gasteiger charge is -2.08. The number of hydrogen-bond donors (Lipinski definition) is 3. The van der Waals surface area contributed by atoms with Gasteiger partial charge >= 0.3 is 5.97 Å². The number of benzene rings is 1. The van der Waals surface area contributed by atoms with Crippen LogP contribution >= 0.6 is 15.9 Å². The molecule has 0 aliphatic rings. The van der Waals surface area contributed by atoms with E-state index in [1.807, 2.05) is 0 Å². The van der Waals surface area contributed by atoms with E-state index in [-0.39, 0.29) is 22.9 Å². The first kappa shape index (κ1) is 13.1. The highest BCUT2D eigenvalue weighted by molar-refractivity contribution is 9.10. The van der Waals surface area contributed by atoms with Crippen molar-refractivity contribution in [2.24, 2.45) is 0 Å². The van der Waals surface area contributed by atoms with Gasteiger partial charge in [-0.3, -0.25) is 4.79 Å². The summed E-state index contributed by atoms with van der Waals surface area (Å²) in [6, 6.07) is 4.23. The van der Waals surface area contributed by atoms with Gasteiger partial charge in [-0.15, -0.1) is 0 Å². The van der Waals surface area contributed by atoms with Crippen molar-refractivity contribution >= 4 is 27.6 Å². The Kier molecular flexibility index (Phi) is 3.52. The molecule has 0 saturated heterocycles. The molecule has 0 radical (unpaired) electrons. The van der Waals surface area contributed by atoms with Gasteiger partial charge in [-0.1, -0.05) is 0 Å². The van der Waals surface area contributed by atoms with Gasteiger partial charge in [0.05, 0.1) is 16.4 Å². The maximum absolute atomic E-state index is 11.3. The van der Waals surface area contributed by atoms with Gasteiger partial charge in [-0.2, -0.15) is 0 Å². The monoisotopic (exact) mass is 325 g/mol. The Morgan fingerprint density at radius 2 is 2.21 bits per heavy atom. The molecular formula is C11H8BrN3O4. The zero-order valence-corrected chi connectivity index (χ0v) is 11.0. The maximum atomic E-state index is 11.3. The lowest BCUT2D eigenvalue weighted by molar-refractivity contribution is 0.0696. The third-order valence-electron chi connectivity index (χ3n) is 2.24. The van der Waals surface area contributed by atoms with Gasteiger partial charge in [0.25, 0.3) is 5.56 Å². The lowest BCUT2D eigenvalue weighted by Crippen LogP contribution is -2.13. The Bertz CT molecular complexity index is 699. The van der Waals surface area contributed by atoms with Crippen LogP contribution in [0.2, 0.25) is 0 Å². The molecule has 0 spiro atoms. The van der Waals surface area contributed by atoms with E-state index in [0.717, 1.165) is 6.33 Å². The van der Waals surface area contributed by atoms with Gasteiger partial charge in [0.1, 0.15) is 5.75 Å². The second-order valence-corrected chi connectivity index (χ2v) is 4.36. The molecule has 1 aromatic carbocycles. The fraction of sp³-hybridized carbons (Fsp3) is 0. The first-order chi connectivity index (χ1) is 8.99. The average molecular weight is 326 g/mol. The average Bonchev–Trinajstić information content (AvgIpc) is 2.37. The van der Waals surface area contributed by atoms with Crippen LogP contribution in [0.25, 0.3) is 0 Å². The van der Waals surface area contributed by atoms with E-state index in [0.29, 0.717) is 4.47 Å². The summed E-state index contributed by atoms with van der Waals surface area (Å²) in [5.41, 5.74) is 4.84. The number of nitrogens with zero attached hydrogens (tertiary/aromatic N) is 1. The van der Waals surface area contributed by atoms with Crippen molar-refractivity contribution in [2.75, 3.05) is 5.73 Å². The molecule has 2 aromatic rings. The van der Waals surface area contributed by atoms with E-state index in [1.165, 1.54) is 18.2 Å². The first-order valence-electron chi connectivity index (χ1n) is 5.03. The minimum absolute atomic E-state index is 0.0432. The van der Waals surface area contributed by atoms with Gasteiger partial charge in [0.15, 0.2) is 5.69 Å². The predicted molar refractivity (Wildman–Crippen MR) is 70.4 cm³/mol. The Balaban J connectivity index is 2.43. The summed E-state index contributed by atoms with van der Waals surface area (Å²) in [6.45, 7) is 0. The number of hydrogen-bond acceptors (Lipinski definition) is 5. The molecule has 2 rings (SSSR count). The number of nitrogen functional groups attached to an aromatic ring is 1. The fourth-order valence-electron chi connectivity index (χ4n) is 1.29. The normalized spacial score (nSPS) is 10.2. The van der Waals surface area contributed by atoms with Crippen LogP contribution in [0.4, 0.5) is 5.69 Å². The molecule has 7 nitrogen and oxygen atoms in total. The molecule has 0 unspecified atom stereocenters. The number of halogens is 1. The minimum atomic E-state index is -1.09. The van der Waals surface area contributed by atoms with Crippen molar-refractivity contribution in [2.45, 2.75) is 0 Å². The van der Waals surface area contributed by atoms with Crippen LogP contribution in [0.15, 0.2) is 33.8 Å². The summed E-state index contributed by atoms with van der Waals surface area (Å²) in [5.74, 6) is -0.985. The summed E-state index contributed by atoms with van der Waals surface area (Å²) in [5, 5.41) is 8.90. The highest BCUT2D eigenvalue weighted by Gasteiger charge is 2.12. The fourth-order valence-corrected chi connectivity index (χ4v) is 1.62. The molecular weight excluding hydrogens is 318 g/mol. The first-order valence-corrected chi connectivity index (χ1v) is 5.82. The summed E-state index contributed by atoms with van der Waals surface area (Å²) < 4.78 is 5.86. The molecule has 8 heteroatoms. The van der Waals surface area contributed by atoms with Crippen molar-refractivity contribution in [3.8, 4) is 11.6 Å². The maximum Gasteiger partial charge on any atom is 0.335 e. The van der Waals surface area contributed by atoms with E-state index in [1.54, 1.807) is 0 Å². The zero-order valence-electron chi connectivity index (χ0n) is 9.38. The topological polar surface area (TPSA) is 118 Å². The number of aromatic nitrogens is 2. The molecule has 0 aliphatic carbocycles. The summed E-state index contributed by atoms with van der Waals surface area (Å²) >= 11 is 3.21. The van der Waals surface area contributed by atoms with Gasteiger partial charge < -0.3 is 20.6 Å². The quantitative estimate of drug-likeness (QED) is 0.788. The van der Waals surface area contributed by atoms with Crippen LogP contribution in [0, 0.1) is 0 Å². The standard InChI is InChI=1S/C11H8BrN3O4/c12-6-2-1-5(11(17)18)3-7(6)19-10-8(13)9(16)14-4-15-10/h1-4H,13H2,(H,17,18)(H,14,15,16). The van der Waals surface area contributed by atoms with Crippen LogP contribution in [-0.4, -0.2) is 21.0 Å². The number of rotatable bonds is 3. The molecule has 1 aromatic heterocycles. The van der Waals surface area contributed by atoms with Gasteiger partial charge in [0.2, 0.25) is 5.88 Å². The third-order valence-corrected chi connectivity index (χ3v) is 2.89. The summed E-state index contributed by atoms with van der Waals surface area (Å²) in [4.78, 5) is 28.2. The molecule has 0 saturated carbocycles. The smallest absolute Gasteiger partial charge is 0.335 e. The molecule has 98 valence electrons. The summed E-state index contributed by atoms with van der Waals surface area (Å²) in [7, 11) is 0.